The third-order valence-corrected chi connectivity index (χ3v) is 2.45. The highest BCUT2D eigenvalue weighted by molar-refractivity contribution is 5.77. The van der Waals surface area contributed by atoms with Gasteiger partial charge in [0.05, 0.1) is 10.5 Å². The van der Waals surface area contributed by atoms with Gasteiger partial charge in [0.2, 0.25) is 0 Å². The molecule has 2 aromatic rings. The van der Waals surface area contributed by atoms with Crippen LogP contribution in [0.2, 0.25) is 0 Å². The minimum absolute atomic E-state index is 0.0659. The summed E-state index contributed by atoms with van der Waals surface area (Å²) in [6, 6.07) is 10.1. The van der Waals surface area contributed by atoms with Crippen LogP contribution in [0.25, 0.3) is 12.2 Å². The molecular formula is C13H11N3O2. The van der Waals surface area contributed by atoms with E-state index in [2.05, 4.69) is 4.98 Å². The van der Waals surface area contributed by atoms with Gasteiger partial charge in [0.1, 0.15) is 5.82 Å². The largest absolute Gasteiger partial charge is 0.383 e. The predicted molar refractivity (Wildman–Crippen MR) is 70.7 cm³/mol. The number of aromatic nitrogens is 1. The number of nitrogens with two attached hydrogens (primary N) is 1. The van der Waals surface area contributed by atoms with Gasteiger partial charge in [0, 0.05) is 17.8 Å². The third kappa shape index (κ3) is 2.52. The van der Waals surface area contributed by atoms with Gasteiger partial charge in [-0.1, -0.05) is 18.2 Å². The summed E-state index contributed by atoms with van der Waals surface area (Å²) in [5, 5.41) is 10.8. The summed E-state index contributed by atoms with van der Waals surface area (Å²) in [5.41, 5.74) is 7.02. The SMILES string of the molecule is Nc1ncccc1/C=C/c1ccccc1[N+](=O)[O-]. The van der Waals surface area contributed by atoms with E-state index in [1.165, 1.54) is 6.07 Å². The van der Waals surface area contributed by atoms with E-state index in [1.807, 2.05) is 0 Å². The van der Waals surface area contributed by atoms with Gasteiger partial charge in [-0.05, 0) is 24.3 Å². The lowest BCUT2D eigenvalue weighted by molar-refractivity contribution is -0.385. The molecule has 2 rings (SSSR count). The standard InChI is InChI=1S/C13H11N3O2/c14-13-11(5-3-9-15-13)8-7-10-4-1-2-6-12(10)16(17)18/h1-9H,(H2,14,15)/b8-7+. The predicted octanol–water partition coefficient (Wildman–Crippen LogP) is 2.74. The van der Waals surface area contributed by atoms with E-state index in [-0.39, 0.29) is 5.69 Å². The summed E-state index contributed by atoms with van der Waals surface area (Å²) in [6.45, 7) is 0. The number of hydrogen-bond acceptors (Lipinski definition) is 4. The molecule has 0 radical (unpaired) electrons. The van der Waals surface area contributed by atoms with Gasteiger partial charge in [-0.3, -0.25) is 10.1 Å². The Balaban J connectivity index is 2.35. The highest BCUT2D eigenvalue weighted by Gasteiger charge is 2.09. The van der Waals surface area contributed by atoms with Crippen molar-refractivity contribution in [2.24, 2.45) is 0 Å². The van der Waals surface area contributed by atoms with Crippen molar-refractivity contribution in [2.45, 2.75) is 0 Å². The number of nitro groups is 1. The van der Waals surface area contributed by atoms with Crippen LogP contribution < -0.4 is 5.73 Å². The van der Waals surface area contributed by atoms with Crippen molar-refractivity contribution in [3.8, 4) is 0 Å². The number of rotatable bonds is 3. The Morgan fingerprint density at radius 1 is 1.11 bits per heavy atom. The van der Waals surface area contributed by atoms with Crippen LogP contribution in [0.1, 0.15) is 11.1 Å². The Labute approximate surface area is 104 Å². The second-order valence-electron chi connectivity index (χ2n) is 3.63. The van der Waals surface area contributed by atoms with E-state index in [9.17, 15) is 10.1 Å². The van der Waals surface area contributed by atoms with E-state index in [0.29, 0.717) is 11.4 Å². The van der Waals surface area contributed by atoms with Gasteiger partial charge in [-0.2, -0.15) is 0 Å². The molecule has 0 saturated heterocycles. The Bertz CT molecular complexity index is 609. The molecule has 0 bridgehead atoms. The number of para-hydroxylation sites is 1. The first kappa shape index (κ1) is 11.8. The number of benzene rings is 1. The van der Waals surface area contributed by atoms with Crippen molar-refractivity contribution in [1.29, 1.82) is 0 Å². The van der Waals surface area contributed by atoms with Gasteiger partial charge in [0.25, 0.3) is 5.69 Å². The molecule has 2 N–H and O–H groups in total. The zero-order valence-electron chi connectivity index (χ0n) is 9.48. The molecule has 0 aliphatic heterocycles. The normalized spacial score (nSPS) is 10.7. The molecule has 18 heavy (non-hydrogen) atoms. The zero-order chi connectivity index (χ0) is 13.0. The lowest BCUT2D eigenvalue weighted by Gasteiger charge is -1.99. The fourth-order valence-electron chi connectivity index (χ4n) is 1.55. The molecule has 0 saturated carbocycles. The molecule has 1 aromatic heterocycles. The van der Waals surface area contributed by atoms with Crippen LogP contribution in [0.15, 0.2) is 42.6 Å². The first-order valence-electron chi connectivity index (χ1n) is 5.30. The van der Waals surface area contributed by atoms with Crippen molar-refractivity contribution in [3.05, 3.63) is 63.8 Å². The van der Waals surface area contributed by atoms with Crippen molar-refractivity contribution in [2.75, 3.05) is 5.73 Å². The highest BCUT2D eigenvalue weighted by Crippen LogP contribution is 2.21. The van der Waals surface area contributed by atoms with Crippen LogP contribution in [-0.4, -0.2) is 9.91 Å². The van der Waals surface area contributed by atoms with Gasteiger partial charge >= 0.3 is 0 Å². The van der Waals surface area contributed by atoms with E-state index >= 15 is 0 Å². The molecule has 5 nitrogen and oxygen atoms in total. The first-order chi connectivity index (χ1) is 8.68. The fourth-order valence-corrected chi connectivity index (χ4v) is 1.55. The molecule has 0 aliphatic rings. The summed E-state index contributed by atoms with van der Waals surface area (Å²) in [7, 11) is 0. The fraction of sp³-hybridized carbons (Fsp3) is 0. The molecule has 0 atom stereocenters. The molecule has 1 heterocycles. The Kier molecular flexibility index (Phi) is 3.33. The second-order valence-corrected chi connectivity index (χ2v) is 3.63. The Hall–Kier alpha value is -2.69. The maximum absolute atomic E-state index is 10.8. The second kappa shape index (κ2) is 5.09. The number of anilines is 1. The van der Waals surface area contributed by atoms with Crippen LogP contribution in [0.5, 0.6) is 0 Å². The number of pyridine rings is 1. The molecule has 90 valence electrons. The van der Waals surface area contributed by atoms with E-state index in [4.69, 9.17) is 5.73 Å². The molecule has 0 amide bonds. The number of nitrogen functional groups attached to an aromatic ring is 1. The maximum Gasteiger partial charge on any atom is 0.276 e. The summed E-state index contributed by atoms with van der Waals surface area (Å²) in [4.78, 5) is 14.4. The van der Waals surface area contributed by atoms with Gasteiger partial charge in [-0.15, -0.1) is 0 Å². The average Bonchev–Trinajstić information content (AvgIpc) is 2.38. The molecule has 0 spiro atoms. The van der Waals surface area contributed by atoms with Crippen molar-refractivity contribution < 1.29 is 4.92 Å². The maximum atomic E-state index is 10.8. The van der Waals surface area contributed by atoms with Crippen LogP contribution >= 0.6 is 0 Å². The molecule has 0 unspecified atom stereocenters. The van der Waals surface area contributed by atoms with Crippen LogP contribution in [0, 0.1) is 10.1 Å². The van der Waals surface area contributed by atoms with Crippen molar-refractivity contribution in [3.63, 3.8) is 0 Å². The topological polar surface area (TPSA) is 82.0 Å². The molecule has 0 fully saturated rings. The summed E-state index contributed by atoms with van der Waals surface area (Å²) in [6.07, 6.45) is 4.97. The van der Waals surface area contributed by atoms with Gasteiger partial charge in [0.15, 0.2) is 0 Å². The first-order valence-corrected chi connectivity index (χ1v) is 5.30. The quantitative estimate of drug-likeness (QED) is 0.661. The summed E-state index contributed by atoms with van der Waals surface area (Å²) < 4.78 is 0. The zero-order valence-corrected chi connectivity index (χ0v) is 9.48. The van der Waals surface area contributed by atoms with Crippen molar-refractivity contribution in [1.82, 2.24) is 4.98 Å². The van der Waals surface area contributed by atoms with Crippen molar-refractivity contribution >= 4 is 23.7 Å². The van der Waals surface area contributed by atoms with E-state index in [0.717, 1.165) is 5.56 Å². The highest BCUT2D eigenvalue weighted by atomic mass is 16.6. The smallest absolute Gasteiger partial charge is 0.276 e. The molecular weight excluding hydrogens is 230 g/mol. The van der Waals surface area contributed by atoms with Gasteiger partial charge < -0.3 is 5.73 Å². The molecule has 1 aromatic carbocycles. The molecule has 0 aliphatic carbocycles. The van der Waals surface area contributed by atoms with E-state index in [1.54, 1.807) is 48.7 Å². The Morgan fingerprint density at radius 2 is 1.78 bits per heavy atom. The van der Waals surface area contributed by atoms with Crippen LogP contribution in [0.3, 0.4) is 0 Å². The van der Waals surface area contributed by atoms with Gasteiger partial charge in [-0.25, -0.2) is 4.98 Å². The summed E-state index contributed by atoms with van der Waals surface area (Å²) >= 11 is 0. The van der Waals surface area contributed by atoms with Crippen LogP contribution in [0.4, 0.5) is 11.5 Å². The summed E-state index contributed by atoms with van der Waals surface area (Å²) in [5.74, 6) is 0.396. The average molecular weight is 241 g/mol. The number of nitrogens with zero attached hydrogens (tertiary/aromatic N) is 2. The third-order valence-electron chi connectivity index (χ3n) is 2.45. The lowest BCUT2D eigenvalue weighted by atomic mass is 10.1. The monoisotopic (exact) mass is 241 g/mol. The lowest BCUT2D eigenvalue weighted by Crippen LogP contribution is -1.92. The minimum Gasteiger partial charge on any atom is -0.383 e. The Morgan fingerprint density at radius 3 is 2.50 bits per heavy atom. The number of nitro benzene ring substituents is 1. The number of hydrogen-bond donors (Lipinski definition) is 1. The molecule has 5 heteroatoms. The minimum atomic E-state index is -0.410. The van der Waals surface area contributed by atoms with Crippen LogP contribution in [-0.2, 0) is 0 Å². The van der Waals surface area contributed by atoms with E-state index < -0.39 is 4.92 Å².